The Morgan fingerprint density at radius 3 is 2.71 bits per heavy atom. The molecule has 0 saturated carbocycles. The van der Waals surface area contributed by atoms with Crippen LogP contribution in [0.1, 0.15) is 26.2 Å². The van der Waals surface area contributed by atoms with E-state index in [1.807, 2.05) is 4.90 Å². The van der Waals surface area contributed by atoms with Gasteiger partial charge in [-0.3, -0.25) is 9.69 Å². The lowest BCUT2D eigenvalue weighted by molar-refractivity contribution is -0.140. The van der Waals surface area contributed by atoms with Crippen molar-refractivity contribution in [1.29, 1.82) is 5.26 Å². The van der Waals surface area contributed by atoms with Crippen LogP contribution in [-0.2, 0) is 9.53 Å². The Kier molecular flexibility index (Phi) is 7.86. The lowest BCUT2D eigenvalue weighted by Crippen LogP contribution is -2.26. The molecule has 0 fully saturated rings. The maximum absolute atomic E-state index is 10.8. The minimum Gasteiger partial charge on any atom is -0.469 e. The topological polar surface area (TPSA) is 53.3 Å². The molecule has 0 aliphatic carbocycles. The van der Waals surface area contributed by atoms with Crippen LogP contribution in [0.15, 0.2) is 0 Å². The smallest absolute Gasteiger partial charge is 0.305 e. The van der Waals surface area contributed by atoms with Crippen molar-refractivity contribution in [3.05, 3.63) is 0 Å². The fraction of sp³-hybridized carbons (Fsp3) is 0.800. The average molecular weight is 198 g/mol. The molecule has 0 spiro atoms. The SMILES string of the molecule is CCCN(CC#N)CCCC(=O)OC. The minimum atomic E-state index is -0.182. The van der Waals surface area contributed by atoms with Crippen molar-refractivity contribution in [2.24, 2.45) is 0 Å². The van der Waals surface area contributed by atoms with Crippen LogP contribution < -0.4 is 0 Å². The fourth-order valence-electron chi connectivity index (χ4n) is 1.24. The van der Waals surface area contributed by atoms with Crippen LogP contribution in [0.5, 0.6) is 0 Å². The maximum Gasteiger partial charge on any atom is 0.305 e. The van der Waals surface area contributed by atoms with Gasteiger partial charge in [0.1, 0.15) is 0 Å². The highest BCUT2D eigenvalue weighted by molar-refractivity contribution is 5.69. The molecule has 0 bridgehead atoms. The van der Waals surface area contributed by atoms with Gasteiger partial charge < -0.3 is 4.74 Å². The number of esters is 1. The molecule has 0 unspecified atom stereocenters. The molecule has 0 amide bonds. The van der Waals surface area contributed by atoms with E-state index in [0.29, 0.717) is 13.0 Å². The van der Waals surface area contributed by atoms with E-state index in [-0.39, 0.29) is 5.97 Å². The van der Waals surface area contributed by atoms with Crippen molar-refractivity contribution in [1.82, 2.24) is 4.90 Å². The van der Waals surface area contributed by atoms with Crippen molar-refractivity contribution in [3.63, 3.8) is 0 Å². The van der Waals surface area contributed by atoms with Gasteiger partial charge >= 0.3 is 5.97 Å². The third kappa shape index (κ3) is 6.44. The number of ether oxygens (including phenoxy) is 1. The number of hydrogen-bond donors (Lipinski definition) is 0. The summed E-state index contributed by atoms with van der Waals surface area (Å²) in [6, 6.07) is 2.11. The molecule has 0 atom stereocenters. The molecule has 14 heavy (non-hydrogen) atoms. The average Bonchev–Trinajstić information content (AvgIpc) is 2.18. The van der Waals surface area contributed by atoms with E-state index in [9.17, 15) is 4.79 Å². The molecule has 0 aromatic carbocycles. The van der Waals surface area contributed by atoms with E-state index in [4.69, 9.17) is 5.26 Å². The number of hydrogen-bond acceptors (Lipinski definition) is 4. The first-order chi connectivity index (χ1) is 6.74. The number of methoxy groups -OCH3 is 1. The molecule has 0 aliphatic rings. The van der Waals surface area contributed by atoms with Gasteiger partial charge in [-0.1, -0.05) is 6.92 Å². The van der Waals surface area contributed by atoms with Crippen LogP contribution >= 0.6 is 0 Å². The molecule has 4 nitrogen and oxygen atoms in total. The zero-order valence-electron chi connectivity index (χ0n) is 8.95. The molecule has 0 N–H and O–H groups in total. The summed E-state index contributed by atoms with van der Waals surface area (Å²) >= 11 is 0. The summed E-state index contributed by atoms with van der Waals surface area (Å²) in [5.74, 6) is -0.182. The van der Waals surface area contributed by atoms with Crippen LogP contribution in [0, 0.1) is 11.3 Å². The fourth-order valence-corrected chi connectivity index (χ4v) is 1.24. The second kappa shape index (κ2) is 8.52. The molecular weight excluding hydrogens is 180 g/mol. The predicted molar refractivity (Wildman–Crippen MR) is 53.6 cm³/mol. The second-order valence-corrected chi connectivity index (χ2v) is 3.11. The molecule has 0 aromatic heterocycles. The molecule has 0 rings (SSSR count). The Morgan fingerprint density at radius 2 is 2.21 bits per heavy atom. The van der Waals surface area contributed by atoms with Crippen molar-refractivity contribution in [3.8, 4) is 6.07 Å². The summed E-state index contributed by atoms with van der Waals surface area (Å²) in [4.78, 5) is 12.8. The number of nitriles is 1. The van der Waals surface area contributed by atoms with Crippen molar-refractivity contribution in [2.45, 2.75) is 26.2 Å². The zero-order valence-corrected chi connectivity index (χ0v) is 8.95. The first-order valence-corrected chi connectivity index (χ1v) is 4.90. The molecule has 0 heterocycles. The number of rotatable bonds is 7. The van der Waals surface area contributed by atoms with Crippen LogP contribution in [0.3, 0.4) is 0 Å². The summed E-state index contributed by atoms with van der Waals surface area (Å²) in [5.41, 5.74) is 0. The van der Waals surface area contributed by atoms with E-state index in [0.717, 1.165) is 25.9 Å². The van der Waals surface area contributed by atoms with Crippen molar-refractivity contribution >= 4 is 5.97 Å². The number of nitrogens with zero attached hydrogens (tertiary/aromatic N) is 2. The summed E-state index contributed by atoms with van der Waals surface area (Å²) in [6.07, 6.45) is 2.22. The van der Waals surface area contributed by atoms with Crippen LogP contribution in [0.4, 0.5) is 0 Å². The predicted octanol–water partition coefficient (Wildman–Crippen LogP) is 1.18. The normalized spacial score (nSPS) is 9.86. The van der Waals surface area contributed by atoms with E-state index in [2.05, 4.69) is 17.7 Å². The molecule has 80 valence electrons. The maximum atomic E-state index is 10.8. The standard InChI is InChI=1S/C10H18N2O2/c1-3-7-12(9-6-11)8-4-5-10(13)14-2/h3-5,7-9H2,1-2H3. The Morgan fingerprint density at radius 1 is 1.50 bits per heavy atom. The van der Waals surface area contributed by atoms with E-state index >= 15 is 0 Å². The molecule has 0 aromatic rings. The Balaban J connectivity index is 3.60. The van der Waals surface area contributed by atoms with Crippen LogP contribution in [0.25, 0.3) is 0 Å². The monoisotopic (exact) mass is 198 g/mol. The molecular formula is C10H18N2O2. The highest BCUT2D eigenvalue weighted by Gasteiger charge is 2.05. The third-order valence-electron chi connectivity index (χ3n) is 1.92. The third-order valence-corrected chi connectivity index (χ3v) is 1.92. The first kappa shape index (κ1) is 12.9. The number of carbonyl (C=O) groups is 1. The molecule has 4 heteroatoms. The molecule has 0 saturated heterocycles. The van der Waals surface area contributed by atoms with Gasteiger partial charge in [0.15, 0.2) is 0 Å². The quantitative estimate of drug-likeness (QED) is 0.455. The molecule has 0 radical (unpaired) electrons. The van der Waals surface area contributed by atoms with Gasteiger partial charge in [0, 0.05) is 6.42 Å². The Labute approximate surface area is 85.5 Å². The largest absolute Gasteiger partial charge is 0.469 e. The summed E-state index contributed by atoms with van der Waals surface area (Å²) in [7, 11) is 1.39. The van der Waals surface area contributed by atoms with Crippen LogP contribution in [0.2, 0.25) is 0 Å². The second-order valence-electron chi connectivity index (χ2n) is 3.11. The summed E-state index contributed by atoms with van der Waals surface area (Å²) in [6.45, 7) is 4.21. The van der Waals surface area contributed by atoms with E-state index in [1.165, 1.54) is 7.11 Å². The minimum absolute atomic E-state index is 0.182. The zero-order chi connectivity index (χ0) is 10.8. The van der Waals surface area contributed by atoms with Gasteiger partial charge in [-0.2, -0.15) is 5.26 Å². The van der Waals surface area contributed by atoms with Gasteiger partial charge in [-0.05, 0) is 25.9 Å². The van der Waals surface area contributed by atoms with E-state index < -0.39 is 0 Å². The summed E-state index contributed by atoms with van der Waals surface area (Å²) < 4.78 is 4.53. The van der Waals surface area contributed by atoms with Crippen LogP contribution in [-0.4, -0.2) is 37.6 Å². The van der Waals surface area contributed by atoms with Gasteiger partial charge in [0.05, 0.1) is 19.7 Å². The Bertz CT molecular complexity index is 199. The van der Waals surface area contributed by atoms with Gasteiger partial charge in [-0.15, -0.1) is 0 Å². The Hall–Kier alpha value is -1.08. The lowest BCUT2D eigenvalue weighted by Gasteiger charge is -2.17. The van der Waals surface area contributed by atoms with E-state index in [1.54, 1.807) is 0 Å². The molecule has 0 aliphatic heterocycles. The highest BCUT2D eigenvalue weighted by atomic mass is 16.5. The number of carbonyl (C=O) groups excluding carboxylic acids is 1. The highest BCUT2D eigenvalue weighted by Crippen LogP contribution is 1.97. The lowest BCUT2D eigenvalue weighted by atomic mass is 10.3. The van der Waals surface area contributed by atoms with Gasteiger partial charge in [0.25, 0.3) is 0 Å². The van der Waals surface area contributed by atoms with Crippen molar-refractivity contribution < 1.29 is 9.53 Å². The van der Waals surface area contributed by atoms with Crippen molar-refractivity contribution in [2.75, 3.05) is 26.7 Å². The van der Waals surface area contributed by atoms with Gasteiger partial charge in [0.2, 0.25) is 0 Å². The first-order valence-electron chi connectivity index (χ1n) is 4.90. The van der Waals surface area contributed by atoms with Gasteiger partial charge in [-0.25, -0.2) is 0 Å². The summed E-state index contributed by atoms with van der Waals surface area (Å²) in [5, 5.41) is 8.53.